The van der Waals surface area contributed by atoms with Gasteiger partial charge in [-0.05, 0) is 30.3 Å². The Morgan fingerprint density at radius 1 is 1.12 bits per heavy atom. The molecule has 9 heteroatoms. The molecule has 0 unspecified atom stereocenters. The lowest BCUT2D eigenvalue weighted by Crippen LogP contribution is -2.16. The maximum atomic E-state index is 12.5. The number of amides is 1. The number of carbonyl (C=O) groups excluding carboxylic acids is 1. The number of aromatic nitrogens is 3. The summed E-state index contributed by atoms with van der Waals surface area (Å²) in [5.74, 6) is 1.11. The minimum Gasteiger partial charge on any atom is -0.497 e. The molecule has 0 aliphatic rings. The number of nitrogens with one attached hydrogen (secondary N) is 1. The number of ether oxygens (including phenoxy) is 2. The fourth-order valence-corrected chi connectivity index (χ4v) is 3.89. The first-order valence-corrected chi connectivity index (χ1v) is 10.8. The summed E-state index contributed by atoms with van der Waals surface area (Å²) in [5.41, 5.74) is 1.35. The average molecular weight is 451 g/mol. The third kappa shape index (κ3) is 4.78. The van der Waals surface area contributed by atoms with E-state index in [2.05, 4.69) is 15.4 Å². The molecular weight excluding hydrogens is 428 g/mol. The van der Waals surface area contributed by atoms with Gasteiger partial charge in [-0.25, -0.2) is 4.98 Å². The maximum Gasteiger partial charge on any atom is 0.275 e. The van der Waals surface area contributed by atoms with Crippen LogP contribution in [0.5, 0.6) is 11.5 Å². The van der Waals surface area contributed by atoms with Crippen LogP contribution in [0.3, 0.4) is 0 Å². The quantitative estimate of drug-likeness (QED) is 0.455. The minimum absolute atomic E-state index is 0.119. The lowest BCUT2D eigenvalue weighted by atomic mass is 10.2. The highest BCUT2D eigenvalue weighted by molar-refractivity contribution is 7.16. The lowest BCUT2D eigenvalue weighted by molar-refractivity contribution is 0.102. The molecule has 0 radical (unpaired) electrons. The summed E-state index contributed by atoms with van der Waals surface area (Å²) in [6.07, 6.45) is 0. The Labute approximate surface area is 188 Å². The third-order valence-corrected chi connectivity index (χ3v) is 5.83. The lowest BCUT2D eigenvalue weighted by Gasteiger charge is -2.10. The van der Waals surface area contributed by atoms with Crippen LogP contribution in [-0.2, 0) is 6.61 Å². The molecule has 0 fully saturated rings. The Bertz CT molecular complexity index is 1330. The highest BCUT2D eigenvalue weighted by atomic mass is 32.1. The van der Waals surface area contributed by atoms with Crippen LogP contribution in [0, 0.1) is 0 Å². The summed E-state index contributed by atoms with van der Waals surface area (Å²) in [6.45, 7) is 4.16. The molecule has 1 amide bonds. The van der Waals surface area contributed by atoms with E-state index in [1.165, 1.54) is 21.9 Å². The largest absolute Gasteiger partial charge is 0.497 e. The molecule has 164 valence electrons. The molecule has 2 aromatic carbocycles. The number of benzene rings is 2. The fraction of sp³-hybridized carbons (Fsp3) is 0.217. The zero-order chi connectivity index (χ0) is 22.7. The minimum atomic E-state index is -0.257. The normalized spacial score (nSPS) is 11.0. The molecule has 0 bridgehead atoms. The Hall–Kier alpha value is -3.72. The van der Waals surface area contributed by atoms with Gasteiger partial charge in [-0.1, -0.05) is 37.3 Å². The van der Waals surface area contributed by atoms with E-state index in [1.807, 2.05) is 13.8 Å². The molecule has 2 aromatic heterocycles. The molecule has 0 aliphatic carbocycles. The first kappa shape index (κ1) is 21.5. The number of hydrogen-bond acceptors (Lipinski definition) is 7. The van der Waals surface area contributed by atoms with Gasteiger partial charge in [0.25, 0.3) is 11.5 Å². The van der Waals surface area contributed by atoms with Gasteiger partial charge in [0.05, 0.1) is 12.8 Å². The van der Waals surface area contributed by atoms with Crippen molar-refractivity contribution in [2.75, 3.05) is 12.4 Å². The molecule has 2 heterocycles. The van der Waals surface area contributed by atoms with Gasteiger partial charge < -0.3 is 14.8 Å². The predicted octanol–water partition coefficient (Wildman–Crippen LogP) is 4.11. The van der Waals surface area contributed by atoms with Gasteiger partial charge >= 0.3 is 0 Å². The van der Waals surface area contributed by atoms with Crippen molar-refractivity contribution in [3.63, 3.8) is 0 Å². The van der Waals surface area contributed by atoms with Gasteiger partial charge in [-0.15, -0.1) is 0 Å². The van der Waals surface area contributed by atoms with Crippen LogP contribution >= 0.6 is 11.3 Å². The summed E-state index contributed by atoms with van der Waals surface area (Å²) in [4.78, 5) is 29.9. The number of hydrogen-bond donors (Lipinski definition) is 1. The first-order chi connectivity index (χ1) is 15.4. The third-order valence-electron chi connectivity index (χ3n) is 4.62. The number of carbonyl (C=O) groups is 1. The van der Waals surface area contributed by atoms with Crippen molar-refractivity contribution < 1.29 is 14.3 Å². The molecular formula is C23H22N4O4S. The van der Waals surface area contributed by atoms with Crippen molar-refractivity contribution >= 4 is 27.9 Å². The van der Waals surface area contributed by atoms with Crippen LogP contribution in [0.25, 0.3) is 4.96 Å². The highest BCUT2D eigenvalue weighted by Crippen LogP contribution is 2.22. The number of fused-ring (bicyclic) bond motifs is 1. The monoisotopic (exact) mass is 450 g/mol. The van der Waals surface area contributed by atoms with Crippen molar-refractivity contribution in [1.82, 2.24) is 14.6 Å². The maximum absolute atomic E-state index is 12.5. The zero-order valence-corrected chi connectivity index (χ0v) is 18.7. The zero-order valence-electron chi connectivity index (χ0n) is 17.9. The van der Waals surface area contributed by atoms with E-state index in [0.717, 1.165) is 5.01 Å². The first-order valence-electron chi connectivity index (χ1n) is 10.0. The van der Waals surface area contributed by atoms with E-state index in [0.29, 0.717) is 33.4 Å². The number of anilines is 1. The van der Waals surface area contributed by atoms with E-state index in [1.54, 1.807) is 55.6 Å². The van der Waals surface area contributed by atoms with Crippen LogP contribution in [0.4, 0.5) is 5.69 Å². The standard InChI is InChI=1S/C23H22N4O4S/c1-14(2)22-26-27-20(28)12-17(25-23(27)32-22)13-31-19-9-5-7-16(11-19)24-21(29)15-6-4-8-18(10-15)30-3/h4-12,14H,13H2,1-3H3,(H,24,29). The SMILES string of the molecule is COc1cccc(C(=O)Nc2cccc(OCc3cc(=O)n4nc(C(C)C)sc4n3)c2)c1. The van der Waals surface area contributed by atoms with Crippen molar-refractivity contribution in [2.24, 2.45) is 0 Å². The Balaban J connectivity index is 1.46. The van der Waals surface area contributed by atoms with Gasteiger partial charge in [-0.2, -0.15) is 9.61 Å². The molecule has 0 saturated carbocycles. The number of rotatable bonds is 7. The van der Waals surface area contributed by atoms with Crippen LogP contribution < -0.4 is 20.3 Å². The van der Waals surface area contributed by atoms with Gasteiger partial charge in [0.15, 0.2) is 0 Å². The Morgan fingerprint density at radius 3 is 2.69 bits per heavy atom. The second-order valence-corrected chi connectivity index (χ2v) is 8.37. The van der Waals surface area contributed by atoms with Gasteiger partial charge in [-0.3, -0.25) is 9.59 Å². The molecule has 0 spiro atoms. The van der Waals surface area contributed by atoms with E-state index in [-0.39, 0.29) is 24.0 Å². The molecule has 0 saturated heterocycles. The van der Waals surface area contributed by atoms with Crippen LogP contribution in [0.2, 0.25) is 0 Å². The van der Waals surface area contributed by atoms with Crippen LogP contribution in [-0.4, -0.2) is 27.6 Å². The van der Waals surface area contributed by atoms with Crippen LogP contribution in [0.1, 0.15) is 40.8 Å². The van der Waals surface area contributed by atoms with E-state index in [4.69, 9.17) is 9.47 Å². The van der Waals surface area contributed by atoms with E-state index in [9.17, 15) is 9.59 Å². The molecule has 1 N–H and O–H groups in total. The molecule has 32 heavy (non-hydrogen) atoms. The predicted molar refractivity (Wildman–Crippen MR) is 123 cm³/mol. The van der Waals surface area contributed by atoms with Gasteiger partial charge in [0.2, 0.25) is 4.96 Å². The number of methoxy groups -OCH3 is 1. The summed E-state index contributed by atoms with van der Waals surface area (Å²) in [7, 11) is 1.55. The fourth-order valence-electron chi connectivity index (χ4n) is 2.97. The second kappa shape index (κ2) is 9.19. The van der Waals surface area contributed by atoms with Crippen LogP contribution in [0.15, 0.2) is 59.4 Å². The summed E-state index contributed by atoms with van der Waals surface area (Å²) in [5, 5.41) is 8.02. The Kier molecular flexibility index (Phi) is 6.18. The van der Waals surface area contributed by atoms with Crippen molar-refractivity contribution in [3.05, 3.63) is 81.2 Å². The summed E-state index contributed by atoms with van der Waals surface area (Å²) >= 11 is 1.39. The molecule has 0 atom stereocenters. The van der Waals surface area contributed by atoms with Gasteiger partial charge in [0.1, 0.15) is 23.1 Å². The van der Waals surface area contributed by atoms with E-state index >= 15 is 0 Å². The Morgan fingerprint density at radius 2 is 1.91 bits per heavy atom. The van der Waals surface area contributed by atoms with Crippen molar-refractivity contribution in [3.8, 4) is 11.5 Å². The highest BCUT2D eigenvalue weighted by Gasteiger charge is 2.12. The molecule has 8 nitrogen and oxygen atoms in total. The summed E-state index contributed by atoms with van der Waals surface area (Å²) in [6, 6.07) is 15.4. The smallest absolute Gasteiger partial charge is 0.275 e. The average Bonchev–Trinajstić information content (AvgIpc) is 3.23. The van der Waals surface area contributed by atoms with Crippen molar-refractivity contribution in [1.29, 1.82) is 0 Å². The topological polar surface area (TPSA) is 94.8 Å². The molecule has 4 rings (SSSR count). The summed E-state index contributed by atoms with van der Waals surface area (Å²) < 4.78 is 12.3. The van der Waals surface area contributed by atoms with Crippen molar-refractivity contribution in [2.45, 2.75) is 26.4 Å². The van der Waals surface area contributed by atoms with Gasteiger partial charge in [0, 0.05) is 29.3 Å². The molecule has 4 aromatic rings. The molecule has 0 aliphatic heterocycles. The number of nitrogens with zero attached hydrogens (tertiary/aromatic N) is 3. The second-order valence-electron chi connectivity index (χ2n) is 7.38. The van der Waals surface area contributed by atoms with E-state index < -0.39 is 0 Å².